The summed E-state index contributed by atoms with van der Waals surface area (Å²) in [5.41, 5.74) is 2.36. The molecule has 0 aliphatic heterocycles. The Morgan fingerprint density at radius 2 is 1.78 bits per heavy atom. The third-order valence-corrected chi connectivity index (χ3v) is 6.71. The second-order valence-corrected chi connectivity index (χ2v) is 9.06. The first-order chi connectivity index (χ1) is 15.4. The lowest BCUT2D eigenvalue weighted by atomic mass is 10.0. The topological polar surface area (TPSA) is 90.7 Å². The molecule has 1 N–H and O–H groups in total. The van der Waals surface area contributed by atoms with Crippen LogP contribution in [-0.4, -0.2) is 24.3 Å². The van der Waals surface area contributed by atoms with Gasteiger partial charge in [0.2, 0.25) is 5.91 Å². The van der Waals surface area contributed by atoms with Crippen LogP contribution in [0.1, 0.15) is 31.4 Å². The Hall–Kier alpha value is -2.80. The molecule has 1 aromatic heterocycles. The molecule has 0 fully saturated rings. The number of halogens is 1. The van der Waals surface area contributed by atoms with Crippen LogP contribution < -0.4 is 5.32 Å². The van der Waals surface area contributed by atoms with Gasteiger partial charge in [0.15, 0.2) is 5.76 Å². The van der Waals surface area contributed by atoms with Gasteiger partial charge in [-0.3, -0.25) is 9.36 Å². The van der Waals surface area contributed by atoms with Gasteiger partial charge >= 0.3 is 7.60 Å². The van der Waals surface area contributed by atoms with Gasteiger partial charge in [-0.15, -0.1) is 0 Å². The highest BCUT2D eigenvalue weighted by molar-refractivity contribution is 7.53. The molecule has 0 unspecified atom stereocenters. The van der Waals surface area contributed by atoms with E-state index < -0.39 is 13.4 Å². The minimum absolute atomic E-state index is 0.162. The molecule has 0 bridgehead atoms. The van der Waals surface area contributed by atoms with Crippen LogP contribution in [0.3, 0.4) is 0 Å². The smallest absolute Gasteiger partial charge is 0.335 e. The molecule has 2 aromatic carbocycles. The van der Waals surface area contributed by atoms with Crippen molar-refractivity contribution >= 4 is 19.2 Å². The number of benzene rings is 2. The lowest BCUT2D eigenvalue weighted by Crippen LogP contribution is -2.12. The number of rotatable bonds is 11. The molecule has 170 valence electrons. The van der Waals surface area contributed by atoms with Crippen LogP contribution in [0.5, 0.6) is 0 Å². The Morgan fingerprint density at radius 1 is 1.09 bits per heavy atom. The minimum atomic E-state index is -3.19. The molecule has 0 saturated carbocycles. The third kappa shape index (κ3) is 6.36. The molecule has 7 nitrogen and oxygen atoms in total. The van der Waals surface area contributed by atoms with E-state index in [9.17, 15) is 13.8 Å². The first kappa shape index (κ1) is 23.9. The Morgan fingerprint density at radius 3 is 2.44 bits per heavy atom. The zero-order valence-electron chi connectivity index (χ0n) is 18.0. The lowest BCUT2D eigenvalue weighted by molar-refractivity contribution is -0.116. The quantitative estimate of drug-likeness (QED) is 0.363. The maximum Gasteiger partial charge on any atom is 0.335 e. The summed E-state index contributed by atoms with van der Waals surface area (Å²) in [6, 6.07) is 13.3. The highest BCUT2D eigenvalue weighted by atomic mass is 31.2. The van der Waals surface area contributed by atoms with Crippen LogP contribution in [-0.2, 0) is 31.0 Å². The van der Waals surface area contributed by atoms with Gasteiger partial charge in [0.05, 0.1) is 31.1 Å². The standard InChI is InChI=1S/C23H26FN2O5P/c1-3-29-32(28,30-4-2)16-17-9-12-19(13-10-17)26-22(27)14-11-18-15-25-31-23(18)20-7-5-6-8-21(20)24/h5-10,12-13,15H,3-4,11,14,16H2,1-2H3,(H,26,27). The zero-order chi connectivity index (χ0) is 23.0. The molecule has 0 spiro atoms. The average molecular weight is 460 g/mol. The van der Waals surface area contributed by atoms with Gasteiger partial charge in [-0.1, -0.05) is 29.4 Å². The van der Waals surface area contributed by atoms with Crippen molar-refractivity contribution in [3.05, 3.63) is 71.7 Å². The van der Waals surface area contributed by atoms with Crippen LogP contribution in [0.2, 0.25) is 0 Å². The molecule has 3 aromatic rings. The number of aromatic nitrogens is 1. The van der Waals surface area contributed by atoms with Crippen molar-refractivity contribution in [1.82, 2.24) is 5.16 Å². The molecule has 0 saturated heterocycles. The second kappa shape index (κ2) is 11.2. The minimum Gasteiger partial charge on any atom is -0.356 e. The number of hydrogen-bond donors (Lipinski definition) is 1. The predicted octanol–water partition coefficient (Wildman–Crippen LogP) is 5.82. The summed E-state index contributed by atoms with van der Waals surface area (Å²) in [4.78, 5) is 12.4. The van der Waals surface area contributed by atoms with Gasteiger partial charge in [-0.25, -0.2) is 4.39 Å². The van der Waals surface area contributed by atoms with Gasteiger partial charge in [-0.2, -0.15) is 0 Å². The zero-order valence-corrected chi connectivity index (χ0v) is 18.9. The van der Waals surface area contributed by atoms with Crippen molar-refractivity contribution in [3.8, 4) is 11.3 Å². The van der Waals surface area contributed by atoms with E-state index >= 15 is 0 Å². The summed E-state index contributed by atoms with van der Waals surface area (Å²) in [5, 5.41) is 6.57. The number of nitrogens with one attached hydrogen (secondary N) is 1. The molecular formula is C23H26FN2O5P. The highest BCUT2D eigenvalue weighted by Crippen LogP contribution is 2.51. The van der Waals surface area contributed by atoms with E-state index in [0.29, 0.717) is 42.2 Å². The number of hydrogen-bond acceptors (Lipinski definition) is 6. The van der Waals surface area contributed by atoms with Gasteiger partial charge < -0.3 is 18.9 Å². The number of amides is 1. The Labute approximate surface area is 186 Å². The monoisotopic (exact) mass is 460 g/mol. The van der Waals surface area contributed by atoms with E-state index in [1.54, 1.807) is 56.3 Å². The fourth-order valence-electron chi connectivity index (χ4n) is 3.22. The van der Waals surface area contributed by atoms with Crippen LogP contribution >= 0.6 is 7.60 Å². The number of aryl methyl sites for hydroxylation is 1. The maximum absolute atomic E-state index is 14.0. The number of anilines is 1. The maximum atomic E-state index is 14.0. The summed E-state index contributed by atoms with van der Waals surface area (Å²) in [5.74, 6) is -0.283. The Kier molecular flexibility index (Phi) is 8.33. The molecule has 0 aliphatic rings. The Balaban J connectivity index is 1.57. The van der Waals surface area contributed by atoms with Crippen molar-refractivity contribution in [2.45, 2.75) is 32.9 Å². The molecule has 1 heterocycles. The summed E-state index contributed by atoms with van der Waals surface area (Å²) in [6.45, 7) is 4.14. The van der Waals surface area contributed by atoms with Crippen molar-refractivity contribution in [1.29, 1.82) is 0 Å². The SMILES string of the molecule is CCOP(=O)(Cc1ccc(NC(=O)CCc2cnoc2-c2ccccc2F)cc1)OCC. The first-order valence-corrected chi connectivity index (χ1v) is 12.1. The number of carbonyl (C=O) groups excluding carboxylic acids is 1. The molecule has 1 amide bonds. The summed E-state index contributed by atoms with van der Waals surface area (Å²) in [7, 11) is -3.19. The summed E-state index contributed by atoms with van der Waals surface area (Å²) in [6.07, 6.45) is 2.19. The van der Waals surface area contributed by atoms with Gasteiger partial charge in [0, 0.05) is 17.7 Å². The van der Waals surface area contributed by atoms with E-state index in [2.05, 4.69) is 10.5 Å². The molecule has 32 heavy (non-hydrogen) atoms. The van der Waals surface area contributed by atoms with Crippen molar-refractivity contribution < 1.29 is 27.3 Å². The van der Waals surface area contributed by atoms with E-state index in [1.807, 2.05) is 0 Å². The number of nitrogens with zero attached hydrogens (tertiary/aromatic N) is 1. The first-order valence-electron chi connectivity index (χ1n) is 10.4. The fourth-order valence-corrected chi connectivity index (χ4v) is 4.92. The van der Waals surface area contributed by atoms with Gasteiger partial charge in [0.1, 0.15) is 5.82 Å². The number of carbonyl (C=O) groups is 1. The van der Waals surface area contributed by atoms with Crippen molar-refractivity contribution in [3.63, 3.8) is 0 Å². The van der Waals surface area contributed by atoms with E-state index in [-0.39, 0.29) is 18.5 Å². The largest absolute Gasteiger partial charge is 0.356 e. The normalized spacial score (nSPS) is 11.5. The molecule has 3 rings (SSSR count). The van der Waals surface area contributed by atoms with Crippen LogP contribution in [0.4, 0.5) is 10.1 Å². The van der Waals surface area contributed by atoms with E-state index in [4.69, 9.17) is 13.6 Å². The summed E-state index contributed by atoms with van der Waals surface area (Å²) < 4.78 is 42.5. The van der Waals surface area contributed by atoms with Crippen LogP contribution in [0.15, 0.2) is 59.3 Å². The molecule has 0 aliphatic carbocycles. The molecular weight excluding hydrogens is 434 g/mol. The van der Waals surface area contributed by atoms with Gasteiger partial charge in [-0.05, 0) is 50.1 Å². The van der Waals surface area contributed by atoms with E-state index in [0.717, 1.165) is 5.56 Å². The predicted molar refractivity (Wildman–Crippen MR) is 120 cm³/mol. The molecule has 0 atom stereocenters. The molecule has 9 heteroatoms. The van der Waals surface area contributed by atoms with E-state index in [1.165, 1.54) is 12.3 Å². The second-order valence-electron chi connectivity index (χ2n) is 7.01. The van der Waals surface area contributed by atoms with Gasteiger partial charge in [0.25, 0.3) is 0 Å². The van der Waals surface area contributed by atoms with Crippen molar-refractivity contribution in [2.75, 3.05) is 18.5 Å². The highest BCUT2D eigenvalue weighted by Gasteiger charge is 2.24. The average Bonchev–Trinajstić information content (AvgIpc) is 3.23. The van der Waals surface area contributed by atoms with Crippen molar-refractivity contribution in [2.24, 2.45) is 0 Å². The Bertz CT molecular complexity index is 1070. The fraction of sp³-hybridized carbons (Fsp3) is 0.304. The molecule has 0 radical (unpaired) electrons. The third-order valence-electron chi connectivity index (χ3n) is 4.65. The summed E-state index contributed by atoms with van der Waals surface area (Å²) >= 11 is 0. The van der Waals surface area contributed by atoms with Crippen LogP contribution in [0, 0.1) is 5.82 Å². The lowest BCUT2D eigenvalue weighted by Gasteiger charge is -2.17. The van der Waals surface area contributed by atoms with Crippen LogP contribution in [0.25, 0.3) is 11.3 Å².